The highest BCUT2D eigenvalue weighted by molar-refractivity contribution is 8.76. The Morgan fingerprint density at radius 1 is 0.556 bits per heavy atom. The van der Waals surface area contributed by atoms with E-state index in [-0.39, 0.29) is 0 Å². The minimum absolute atomic E-state index is 0.791. The molecule has 0 radical (unpaired) electrons. The van der Waals surface area contributed by atoms with Gasteiger partial charge in [0.25, 0.3) is 0 Å². The van der Waals surface area contributed by atoms with Gasteiger partial charge in [-0.2, -0.15) is 0 Å². The zero-order valence-electron chi connectivity index (χ0n) is 23.0. The molecule has 0 bridgehead atoms. The normalized spacial score (nSPS) is 12.3. The second-order valence-electron chi connectivity index (χ2n) is 8.59. The SMILES string of the molecule is CO[Si](CCCc1cccc(C)c1SSc1c(C)cccc1CCC[Si](OC)(OC)OC)(OC)OC. The van der Waals surface area contributed by atoms with Crippen LogP contribution in [-0.2, 0) is 39.4 Å². The predicted octanol–water partition coefficient (Wildman–Crippen LogP) is 6.72. The third-order valence-corrected chi connectivity index (χ3v) is 15.0. The summed E-state index contributed by atoms with van der Waals surface area (Å²) < 4.78 is 33.6. The minimum Gasteiger partial charge on any atom is -0.377 e. The van der Waals surface area contributed by atoms with Crippen molar-refractivity contribution in [3.63, 3.8) is 0 Å². The fraction of sp³-hybridized carbons (Fsp3) is 0.538. The molecule has 2 aromatic rings. The van der Waals surface area contributed by atoms with Crippen molar-refractivity contribution in [1.29, 1.82) is 0 Å². The van der Waals surface area contributed by atoms with Crippen LogP contribution in [-0.4, -0.2) is 60.3 Å². The summed E-state index contributed by atoms with van der Waals surface area (Å²) >= 11 is 0. The maximum Gasteiger partial charge on any atom is 0.500 e. The van der Waals surface area contributed by atoms with Gasteiger partial charge in [-0.15, -0.1) is 0 Å². The molecule has 0 N–H and O–H groups in total. The van der Waals surface area contributed by atoms with Crippen molar-refractivity contribution >= 4 is 39.2 Å². The lowest BCUT2D eigenvalue weighted by Crippen LogP contribution is -2.42. The Kier molecular flexibility index (Phi) is 13.7. The summed E-state index contributed by atoms with van der Waals surface area (Å²) in [6.07, 6.45) is 3.80. The van der Waals surface area contributed by atoms with Gasteiger partial charge in [-0.05, 0) is 61.8 Å². The van der Waals surface area contributed by atoms with Gasteiger partial charge in [0.1, 0.15) is 0 Å². The van der Waals surface area contributed by atoms with Crippen LogP contribution >= 0.6 is 21.6 Å². The first kappa shape index (κ1) is 31.6. The van der Waals surface area contributed by atoms with E-state index in [1.165, 1.54) is 32.0 Å². The van der Waals surface area contributed by atoms with Crippen molar-refractivity contribution in [2.75, 3.05) is 42.7 Å². The van der Waals surface area contributed by atoms with Gasteiger partial charge in [-0.3, -0.25) is 0 Å². The van der Waals surface area contributed by atoms with Crippen molar-refractivity contribution in [3.05, 3.63) is 58.7 Å². The average Bonchev–Trinajstić information content (AvgIpc) is 2.90. The quantitative estimate of drug-likeness (QED) is 0.153. The second-order valence-corrected chi connectivity index (χ2v) is 16.9. The fourth-order valence-corrected chi connectivity index (χ4v) is 10.7. The van der Waals surface area contributed by atoms with E-state index in [0.717, 1.165) is 37.8 Å². The fourth-order valence-electron chi connectivity index (χ4n) is 4.25. The molecule has 2 aromatic carbocycles. The molecule has 0 saturated carbocycles. The van der Waals surface area contributed by atoms with E-state index in [1.807, 2.05) is 21.6 Å². The highest BCUT2D eigenvalue weighted by Crippen LogP contribution is 2.44. The van der Waals surface area contributed by atoms with Crippen molar-refractivity contribution in [3.8, 4) is 0 Å². The van der Waals surface area contributed by atoms with Crippen LogP contribution in [0, 0.1) is 13.8 Å². The van der Waals surface area contributed by atoms with Crippen molar-refractivity contribution < 1.29 is 26.6 Å². The third kappa shape index (κ3) is 8.42. The van der Waals surface area contributed by atoms with E-state index in [1.54, 1.807) is 42.7 Å². The highest BCUT2D eigenvalue weighted by Gasteiger charge is 2.37. The summed E-state index contributed by atoms with van der Waals surface area (Å²) in [7, 11) is 8.62. The van der Waals surface area contributed by atoms with Crippen LogP contribution in [0.15, 0.2) is 46.2 Å². The summed E-state index contributed by atoms with van der Waals surface area (Å²) in [5.41, 5.74) is 5.30. The van der Waals surface area contributed by atoms with Crippen molar-refractivity contribution in [2.24, 2.45) is 0 Å². The largest absolute Gasteiger partial charge is 0.500 e. The summed E-state index contributed by atoms with van der Waals surface area (Å²) in [4.78, 5) is 2.67. The van der Waals surface area contributed by atoms with Gasteiger partial charge >= 0.3 is 17.6 Å². The molecule has 0 amide bonds. The predicted molar refractivity (Wildman–Crippen MR) is 154 cm³/mol. The van der Waals surface area contributed by atoms with Crippen molar-refractivity contribution in [1.82, 2.24) is 0 Å². The lowest BCUT2D eigenvalue weighted by Gasteiger charge is -2.24. The lowest BCUT2D eigenvalue weighted by atomic mass is 10.1. The highest BCUT2D eigenvalue weighted by atomic mass is 33.1. The molecular weight excluding hydrogens is 529 g/mol. The molecule has 0 aliphatic carbocycles. The maximum absolute atomic E-state index is 5.60. The van der Waals surface area contributed by atoms with Gasteiger partial charge < -0.3 is 26.6 Å². The molecule has 0 fully saturated rings. The summed E-state index contributed by atoms with van der Waals surface area (Å²) in [6, 6.07) is 14.7. The Morgan fingerprint density at radius 3 is 1.19 bits per heavy atom. The van der Waals surface area contributed by atoms with Gasteiger partial charge in [0, 0.05) is 64.5 Å². The smallest absolute Gasteiger partial charge is 0.377 e. The third-order valence-electron chi connectivity index (χ3n) is 6.52. The van der Waals surface area contributed by atoms with E-state index < -0.39 is 17.6 Å². The Hall–Kier alpha value is -0.666. The van der Waals surface area contributed by atoms with E-state index in [2.05, 4.69) is 50.2 Å². The van der Waals surface area contributed by atoms with Crippen LogP contribution in [0.2, 0.25) is 12.1 Å². The maximum atomic E-state index is 5.60. The van der Waals surface area contributed by atoms with Gasteiger partial charge in [-0.1, -0.05) is 58.0 Å². The summed E-state index contributed by atoms with van der Waals surface area (Å²) in [6.45, 7) is 4.38. The van der Waals surface area contributed by atoms with E-state index in [0.29, 0.717) is 0 Å². The second kappa shape index (κ2) is 15.7. The Balaban J connectivity index is 2.12. The molecule has 0 heterocycles. The average molecular weight is 571 g/mol. The van der Waals surface area contributed by atoms with Crippen LogP contribution in [0.25, 0.3) is 0 Å². The zero-order valence-corrected chi connectivity index (χ0v) is 26.6. The van der Waals surface area contributed by atoms with Crippen molar-refractivity contribution in [2.45, 2.75) is 61.4 Å². The minimum atomic E-state index is -2.56. The Morgan fingerprint density at radius 2 is 0.889 bits per heavy atom. The number of aryl methyl sites for hydroxylation is 4. The number of hydrogen-bond donors (Lipinski definition) is 0. The van der Waals surface area contributed by atoms with E-state index in [9.17, 15) is 0 Å². The molecule has 0 aromatic heterocycles. The molecule has 36 heavy (non-hydrogen) atoms. The van der Waals surface area contributed by atoms with Crippen LogP contribution in [0.1, 0.15) is 35.1 Å². The lowest BCUT2D eigenvalue weighted by molar-refractivity contribution is 0.122. The van der Waals surface area contributed by atoms with Gasteiger partial charge in [0.05, 0.1) is 0 Å². The molecular formula is C26H42O6S2Si2. The van der Waals surface area contributed by atoms with Gasteiger partial charge in [0.2, 0.25) is 0 Å². The standard InChI is InChI=1S/C26H42O6S2Si2/c1-21-13-9-15-23(17-11-19-35(27-3,28-4)29-5)25(21)33-34-26-22(2)14-10-16-24(26)18-12-20-36(30-6,31-7)32-8/h9-10,13-16H,11-12,17-20H2,1-8H3. The molecule has 6 nitrogen and oxygen atoms in total. The first-order valence-electron chi connectivity index (χ1n) is 12.2. The Labute approximate surface area is 227 Å². The molecule has 202 valence electrons. The number of rotatable bonds is 17. The molecule has 0 atom stereocenters. The molecule has 10 heteroatoms. The molecule has 0 saturated heterocycles. The van der Waals surface area contributed by atoms with Crippen LogP contribution in [0.4, 0.5) is 0 Å². The molecule has 0 spiro atoms. The first-order chi connectivity index (χ1) is 17.3. The number of hydrogen-bond acceptors (Lipinski definition) is 8. The summed E-state index contributed by atoms with van der Waals surface area (Å²) in [5.74, 6) is 0. The molecule has 0 aliphatic heterocycles. The van der Waals surface area contributed by atoms with Crippen LogP contribution < -0.4 is 0 Å². The van der Waals surface area contributed by atoms with Gasteiger partial charge in [0.15, 0.2) is 0 Å². The summed E-state index contributed by atoms with van der Waals surface area (Å²) in [5, 5.41) is 0. The monoisotopic (exact) mass is 570 g/mol. The zero-order chi connectivity index (χ0) is 26.6. The van der Waals surface area contributed by atoms with Crippen LogP contribution in [0.5, 0.6) is 0 Å². The number of benzene rings is 2. The topological polar surface area (TPSA) is 55.4 Å². The first-order valence-corrected chi connectivity index (χ1v) is 18.2. The van der Waals surface area contributed by atoms with E-state index in [4.69, 9.17) is 26.6 Å². The molecule has 2 rings (SSSR count). The van der Waals surface area contributed by atoms with E-state index >= 15 is 0 Å². The molecule has 0 unspecified atom stereocenters. The Bertz CT molecular complexity index is 847. The van der Waals surface area contributed by atoms with Gasteiger partial charge in [-0.25, -0.2) is 0 Å². The van der Waals surface area contributed by atoms with Crippen LogP contribution in [0.3, 0.4) is 0 Å². The molecule has 0 aliphatic rings.